The monoisotopic (exact) mass is 396 g/mol. The minimum atomic E-state index is -0.507. The lowest BCUT2D eigenvalue weighted by atomic mass is 9.58. The van der Waals surface area contributed by atoms with Crippen LogP contribution in [0.25, 0.3) is 0 Å². The lowest BCUT2D eigenvalue weighted by Gasteiger charge is -2.34. The fourth-order valence-corrected chi connectivity index (χ4v) is 4.44. The van der Waals surface area contributed by atoms with Gasteiger partial charge in [-0.15, -0.1) is 0 Å². The normalized spacial score (nSPS) is 14.4. The number of hydrogen-bond acceptors (Lipinski definition) is 3. The van der Waals surface area contributed by atoms with Gasteiger partial charge in [-0.25, -0.2) is 0 Å². The molecule has 30 heavy (non-hydrogen) atoms. The molecule has 1 aliphatic rings. The van der Waals surface area contributed by atoms with Crippen molar-refractivity contribution < 1.29 is 13.7 Å². The van der Waals surface area contributed by atoms with E-state index in [0.29, 0.717) is 0 Å². The van der Waals surface area contributed by atoms with Crippen LogP contribution in [0.3, 0.4) is 0 Å². The summed E-state index contributed by atoms with van der Waals surface area (Å²) in [5.74, 6) is 0. The van der Waals surface area contributed by atoms with Crippen LogP contribution in [0.1, 0.15) is 33.4 Å². The third-order valence-electron chi connectivity index (χ3n) is 6.08. The summed E-state index contributed by atoms with van der Waals surface area (Å²) in [6.45, 7) is 12.6. The van der Waals surface area contributed by atoms with Crippen molar-refractivity contribution in [3.05, 3.63) is 88.0 Å². The van der Waals surface area contributed by atoms with E-state index in [2.05, 4.69) is 96.1 Å². The Kier molecular flexibility index (Phi) is 5.92. The molecule has 0 unspecified atom stereocenters. The standard InChI is InChI=1S/C24H27B3O3/c1-16-10-7-11-17(2)22(16)25-28-26(23-18(3)12-8-13-19(23)4)30-27(29-25)24-20(5)14-9-15-21(24)6/h7-15H,1-6H3. The molecule has 0 bridgehead atoms. The Hall–Kier alpha value is -2.27. The summed E-state index contributed by atoms with van der Waals surface area (Å²) >= 11 is 0. The largest absolute Gasteiger partial charge is 0.467 e. The molecule has 6 heteroatoms. The summed E-state index contributed by atoms with van der Waals surface area (Å²) in [7, 11) is -1.52. The summed E-state index contributed by atoms with van der Waals surface area (Å²) in [6.07, 6.45) is 0. The third kappa shape index (κ3) is 3.88. The molecule has 0 radical (unpaired) electrons. The zero-order valence-corrected chi connectivity index (χ0v) is 18.7. The Bertz CT molecular complexity index is 880. The first-order valence-electron chi connectivity index (χ1n) is 10.5. The summed E-state index contributed by atoms with van der Waals surface area (Å²) in [5.41, 5.74) is 10.2. The van der Waals surface area contributed by atoms with Crippen molar-refractivity contribution in [2.24, 2.45) is 0 Å². The molecule has 1 saturated heterocycles. The first-order chi connectivity index (χ1) is 14.4. The molecule has 150 valence electrons. The van der Waals surface area contributed by atoms with Gasteiger partial charge in [-0.3, -0.25) is 0 Å². The quantitative estimate of drug-likeness (QED) is 0.638. The van der Waals surface area contributed by atoms with Crippen molar-refractivity contribution in [2.45, 2.75) is 41.5 Å². The second kappa shape index (κ2) is 8.46. The van der Waals surface area contributed by atoms with E-state index in [1.807, 2.05) is 0 Å². The topological polar surface area (TPSA) is 27.7 Å². The average Bonchev–Trinajstić information content (AvgIpc) is 2.67. The van der Waals surface area contributed by atoms with Crippen LogP contribution in [0.2, 0.25) is 0 Å². The molecule has 3 nitrogen and oxygen atoms in total. The summed E-state index contributed by atoms with van der Waals surface area (Å²) in [5, 5.41) is 0. The van der Waals surface area contributed by atoms with Crippen LogP contribution in [-0.2, 0) is 13.7 Å². The molecular formula is C24H27B3O3. The third-order valence-corrected chi connectivity index (χ3v) is 6.08. The van der Waals surface area contributed by atoms with Gasteiger partial charge < -0.3 is 13.7 Å². The van der Waals surface area contributed by atoms with Gasteiger partial charge in [-0.1, -0.05) is 88.0 Å². The minimum absolute atomic E-state index is 0.507. The first kappa shape index (κ1) is 21.0. The van der Waals surface area contributed by atoms with Gasteiger partial charge in [0.1, 0.15) is 0 Å². The van der Waals surface area contributed by atoms with Gasteiger partial charge in [0.15, 0.2) is 0 Å². The Morgan fingerprint density at radius 2 is 0.600 bits per heavy atom. The number of hydrogen-bond donors (Lipinski definition) is 0. The van der Waals surface area contributed by atoms with Crippen molar-refractivity contribution in [3.8, 4) is 0 Å². The van der Waals surface area contributed by atoms with Crippen molar-refractivity contribution in [3.63, 3.8) is 0 Å². The van der Waals surface area contributed by atoms with Crippen LogP contribution in [0.15, 0.2) is 54.6 Å². The van der Waals surface area contributed by atoms with Crippen molar-refractivity contribution in [1.82, 2.24) is 0 Å². The second-order valence-electron chi connectivity index (χ2n) is 8.32. The van der Waals surface area contributed by atoms with Gasteiger partial charge in [0.2, 0.25) is 0 Å². The van der Waals surface area contributed by atoms with Gasteiger partial charge in [-0.05, 0) is 57.9 Å². The van der Waals surface area contributed by atoms with Gasteiger partial charge >= 0.3 is 21.4 Å². The molecule has 0 aliphatic carbocycles. The predicted octanol–water partition coefficient (Wildman–Crippen LogP) is 3.09. The fraction of sp³-hybridized carbons (Fsp3) is 0.250. The lowest BCUT2D eigenvalue weighted by molar-refractivity contribution is 0.308. The Morgan fingerprint density at radius 3 is 0.800 bits per heavy atom. The highest BCUT2D eigenvalue weighted by Gasteiger charge is 2.46. The molecule has 0 spiro atoms. The molecule has 1 fully saturated rings. The smallest absolute Gasteiger partial charge is 0.445 e. The number of aryl methyl sites for hydroxylation is 6. The molecule has 0 N–H and O–H groups in total. The Labute approximate surface area is 181 Å². The van der Waals surface area contributed by atoms with E-state index in [4.69, 9.17) is 13.7 Å². The van der Waals surface area contributed by atoms with E-state index >= 15 is 0 Å². The van der Waals surface area contributed by atoms with Crippen LogP contribution < -0.4 is 16.4 Å². The van der Waals surface area contributed by atoms with Crippen LogP contribution >= 0.6 is 0 Å². The summed E-state index contributed by atoms with van der Waals surface area (Å²) in [6, 6.07) is 18.8. The maximum absolute atomic E-state index is 6.47. The summed E-state index contributed by atoms with van der Waals surface area (Å²) < 4.78 is 19.4. The van der Waals surface area contributed by atoms with Crippen molar-refractivity contribution >= 4 is 37.7 Å². The van der Waals surface area contributed by atoms with E-state index in [-0.39, 0.29) is 0 Å². The Morgan fingerprint density at radius 1 is 0.400 bits per heavy atom. The molecule has 0 atom stereocenters. The number of benzene rings is 3. The molecule has 1 heterocycles. The Balaban J connectivity index is 1.83. The molecule has 0 saturated carbocycles. The second-order valence-corrected chi connectivity index (χ2v) is 8.32. The van der Waals surface area contributed by atoms with Gasteiger partial charge in [0.05, 0.1) is 0 Å². The molecule has 3 aromatic carbocycles. The van der Waals surface area contributed by atoms with Gasteiger partial charge in [0.25, 0.3) is 0 Å². The van der Waals surface area contributed by atoms with E-state index in [9.17, 15) is 0 Å². The van der Waals surface area contributed by atoms with Crippen molar-refractivity contribution in [1.29, 1.82) is 0 Å². The number of rotatable bonds is 3. The van der Waals surface area contributed by atoms with Gasteiger partial charge in [-0.2, -0.15) is 0 Å². The summed E-state index contributed by atoms with van der Waals surface area (Å²) in [4.78, 5) is 0. The maximum Gasteiger partial charge on any atom is 0.467 e. The average molecular weight is 396 g/mol. The lowest BCUT2D eigenvalue weighted by Crippen LogP contribution is -2.63. The van der Waals surface area contributed by atoms with Crippen molar-refractivity contribution in [2.75, 3.05) is 0 Å². The molecular weight excluding hydrogens is 369 g/mol. The molecule has 0 aromatic heterocycles. The van der Waals surface area contributed by atoms with Crippen LogP contribution in [0.5, 0.6) is 0 Å². The predicted molar refractivity (Wildman–Crippen MR) is 127 cm³/mol. The van der Waals surface area contributed by atoms with E-state index in [1.165, 1.54) is 0 Å². The van der Waals surface area contributed by atoms with E-state index < -0.39 is 21.4 Å². The SMILES string of the molecule is Cc1cccc(C)c1B1OB(c2c(C)cccc2C)OB(c2c(C)cccc2C)O1. The van der Waals surface area contributed by atoms with E-state index in [0.717, 1.165) is 49.8 Å². The zero-order valence-electron chi connectivity index (χ0n) is 18.7. The maximum atomic E-state index is 6.47. The van der Waals surface area contributed by atoms with Gasteiger partial charge in [0, 0.05) is 0 Å². The van der Waals surface area contributed by atoms with Crippen LogP contribution in [0, 0.1) is 41.5 Å². The van der Waals surface area contributed by atoms with Crippen LogP contribution in [-0.4, -0.2) is 21.4 Å². The molecule has 1 aliphatic heterocycles. The molecule has 3 aromatic rings. The first-order valence-corrected chi connectivity index (χ1v) is 10.5. The van der Waals surface area contributed by atoms with Crippen LogP contribution in [0.4, 0.5) is 0 Å². The highest BCUT2D eigenvalue weighted by atomic mass is 16.7. The molecule has 4 rings (SSSR count). The highest BCUT2D eigenvalue weighted by molar-refractivity contribution is 6.88. The highest BCUT2D eigenvalue weighted by Crippen LogP contribution is 2.17. The minimum Gasteiger partial charge on any atom is -0.445 e. The molecule has 0 amide bonds. The fourth-order valence-electron chi connectivity index (χ4n) is 4.44. The zero-order chi connectivity index (χ0) is 21.4. The van der Waals surface area contributed by atoms with E-state index in [1.54, 1.807) is 0 Å².